The quantitative estimate of drug-likeness (QED) is 0.253. The van der Waals surface area contributed by atoms with Gasteiger partial charge in [-0.3, -0.25) is 4.79 Å². The summed E-state index contributed by atoms with van der Waals surface area (Å²) in [6, 6.07) is 15.7. The van der Waals surface area contributed by atoms with E-state index in [2.05, 4.69) is 5.32 Å². The van der Waals surface area contributed by atoms with Crippen LogP contribution >= 0.6 is 0 Å². The lowest BCUT2D eigenvalue weighted by molar-refractivity contribution is -0.146. The zero-order valence-corrected chi connectivity index (χ0v) is 15.2. The maximum Gasteiger partial charge on any atom is 0.347 e. The fraction of sp³-hybridized carbons (Fsp3) is 0.190. The van der Waals surface area contributed by atoms with E-state index in [4.69, 9.17) is 9.47 Å². The maximum atomic E-state index is 12.7. The highest BCUT2D eigenvalue weighted by atomic mass is 16.6. The van der Waals surface area contributed by atoms with Crippen LogP contribution in [-0.4, -0.2) is 30.9 Å². The minimum absolute atomic E-state index is 0.124. The molecule has 0 amide bonds. The molecule has 0 radical (unpaired) electrons. The molecule has 2 aromatic rings. The highest BCUT2D eigenvalue weighted by Crippen LogP contribution is 2.20. The number of nitrogens with one attached hydrogen (secondary N) is 1. The van der Waals surface area contributed by atoms with Gasteiger partial charge in [-0.25, -0.2) is 9.59 Å². The summed E-state index contributed by atoms with van der Waals surface area (Å²) in [6.07, 6.45) is 1.20. The van der Waals surface area contributed by atoms with Crippen molar-refractivity contribution in [3.63, 3.8) is 0 Å². The summed E-state index contributed by atoms with van der Waals surface area (Å²) in [5.74, 6) is -1.77. The third-order valence-electron chi connectivity index (χ3n) is 3.57. The molecule has 0 aliphatic heterocycles. The van der Waals surface area contributed by atoms with Gasteiger partial charge in [-0.1, -0.05) is 42.5 Å². The molecule has 0 bridgehead atoms. The van der Waals surface area contributed by atoms with Crippen LogP contribution in [0.5, 0.6) is 0 Å². The Hall–Kier alpha value is -3.41. The molecule has 0 aliphatic rings. The van der Waals surface area contributed by atoms with E-state index in [0.29, 0.717) is 16.8 Å². The van der Waals surface area contributed by atoms with Crippen molar-refractivity contribution in [3.05, 3.63) is 77.5 Å². The normalized spacial score (nSPS) is 9.85. The number of rotatable bonds is 8. The number of benzene rings is 2. The Labute approximate surface area is 157 Å². The van der Waals surface area contributed by atoms with Gasteiger partial charge in [0.05, 0.1) is 13.2 Å². The molecule has 0 atom stereocenters. The van der Waals surface area contributed by atoms with Gasteiger partial charge in [-0.15, -0.1) is 0 Å². The smallest absolute Gasteiger partial charge is 0.347 e. The summed E-state index contributed by atoms with van der Waals surface area (Å²) in [6.45, 7) is 3.53. The van der Waals surface area contributed by atoms with Crippen LogP contribution in [0.4, 0.5) is 5.69 Å². The van der Waals surface area contributed by atoms with E-state index in [1.807, 2.05) is 6.07 Å². The maximum absolute atomic E-state index is 12.7. The Balaban J connectivity index is 2.32. The Morgan fingerprint density at radius 2 is 1.41 bits per heavy atom. The van der Waals surface area contributed by atoms with Crippen molar-refractivity contribution in [2.24, 2.45) is 0 Å². The van der Waals surface area contributed by atoms with E-state index >= 15 is 0 Å². The topological polar surface area (TPSA) is 81.7 Å². The first-order valence-corrected chi connectivity index (χ1v) is 8.58. The Morgan fingerprint density at radius 3 is 2.00 bits per heavy atom. The molecular weight excluding hydrogens is 346 g/mol. The summed E-state index contributed by atoms with van der Waals surface area (Å²) in [5, 5.41) is 2.86. The fourth-order valence-electron chi connectivity index (χ4n) is 2.32. The van der Waals surface area contributed by atoms with Gasteiger partial charge >= 0.3 is 11.9 Å². The zero-order valence-electron chi connectivity index (χ0n) is 15.2. The molecule has 0 heterocycles. The van der Waals surface area contributed by atoms with Gasteiger partial charge in [-0.05, 0) is 26.0 Å². The van der Waals surface area contributed by atoms with Gasteiger partial charge < -0.3 is 14.8 Å². The van der Waals surface area contributed by atoms with Crippen LogP contribution in [0, 0.1) is 0 Å². The molecule has 2 aromatic carbocycles. The molecule has 0 fully saturated rings. The van der Waals surface area contributed by atoms with Crippen molar-refractivity contribution in [1.82, 2.24) is 0 Å². The Morgan fingerprint density at radius 1 is 0.852 bits per heavy atom. The van der Waals surface area contributed by atoms with Gasteiger partial charge in [-0.2, -0.15) is 0 Å². The van der Waals surface area contributed by atoms with Crippen molar-refractivity contribution >= 4 is 23.4 Å². The molecule has 6 nitrogen and oxygen atoms in total. The van der Waals surface area contributed by atoms with Crippen molar-refractivity contribution in [1.29, 1.82) is 0 Å². The number of carbonyl (C=O) groups excluding carboxylic acids is 3. The van der Waals surface area contributed by atoms with E-state index in [9.17, 15) is 14.4 Å². The molecule has 0 unspecified atom stereocenters. The van der Waals surface area contributed by atoms with Crippen LogP contribution in [0.25, 0.3) is 0 Å². The zero-order chi connectivity index (χ0) is 19.6. The molecule has 0 spiro atoms. The average Bonchev–Trinajstić information content (AvgIpc) is 2.69. The molecule has 0 saturated heterocycles. The minimum atomic E-state index is -0.796. The number of anilines is 1. The molecule has 27 heavy (non-hydrogen) atoms. The standard InChI is InChI=1S/C21H21NO5/c1-3-26-20(24)17(21(25)27-4-2)14-22-18-13-9-8-12-16(18)19(23)15-10-6-5-7-11-15/h5-14,22H,3-4H2,1-2H3. The number of esters is 2. The van der Waals surface area contributed by atoms with Crippen LogP contribution in [0.3, 0.4) is 0 Å². The third kappa shape index (κ3) is 5.28. The minimum Gasteiger partial charge on any atom is -0.462 e. The van der Waals surface area contributed by atoms with Crippen LogP contribution in [0.15, 0.2) is 66.4 Å². The van der Waals surface area contributed by atoms with Gasteiger partial charge in [0.25, 0.3) is 0 Å². The van der Waals surface area contributed by atoms with Crippen molar-refractivity contribution < 1.29 is 23.9 Å². The average molecular weight is 367 g/mol. The van der Waals surface area contributed by atoms with E-state index in [0.717, 1.165) is 0 Å². The SMILES string of the molecule is CCOC(=O)C(=CNc1ccccc1C(=O)c1ccccc1)C(=O)OCC. The van der Waals surface area contributed by atoms with Crippen LogP contribution in [-0.2, 0) is 19.1 Å². The van der Waals surface area contributed by atoms with Crippen molar-refractivity contribution in [2.75, 3.05) is 18.5 Å². The van der Waals surface area contributed by atoms with Gasteiger partial charge in [0.2, 0.25) is 0 Å². The number of hydrogen-bond donors (Lipinski definition) is 1. The number of para-hydroxylation sites is 1. The number of hydrogen-bond acceptors (Lipinski definition) is 6. The summed E-state index contributed by atoms with van der Waals surface area (Å²) < 4.78 is 9.78. The second kappa shape index (κ2) is 9.91. The predicted octanol–water partition coefficient (Wildman–Crippen LogP) is 3.34. The first kappa shape index (κ1) is 19.9. The second-order valence-corrected chi connectivity index (χ2v) is 5.38. The molecule has 0 aliphatic carbocycles. The predicted molar refractivity (Wildman–Crippen MR) is 101 cm³/mol. The molecule has 0 saturated carbocycles. The van der Waals surface area contributed by atoms with Crippen LogP contribution < -0.4 is 5.32 Å². The van der Waals surface area contributed by atoms with E-state index < -0.39 is 11.9 Å². The second-order valence-electron chi connectivity index (χ2n) is 5.38. The van der Waals surface area contributed by atoms with Crippen molar-refractivity contribution in [3.8, 4) is 0 Å². The molecule has 1 N–H and O–H groups in total. The van der Waals surface area contributed by atoms with Crippen LogP contribution in [0.2, 0.25) is 0 Å². The van der Waals surface area contributed by atoms with Gasteiger partial charge in [0.15, 0.2) is 11.4 Å². The Bertz CT molecular complexity index is 823. The lowest BCUT2D eigenvalue weighted by Crippen LogP contribution is -2.19. The van der Waals surface area contributed by atoms with Crippen molar-refractivity contribution in [2.45, 2.75) is 13.8 Å². The van der Waals surface area contributed by atoms with Crippen LogP contribution in [0.1, 0.15) is 29.8 Å². The van der Waals surface area contributed by atoms with E-state index in [1.54, 1.807) is 62.4 Å². The first-order chi connectivity index (χ1) is 13.1. The molecule has 140 valence electrons. The number of ketones is 1. The lowest BCUT2D eigenvalue weighted by Gasteiger charge is -2.10. The monoisotopic (exact) mass is 367 g/mol. The Kier molecular flexibility index (Phi) is 7.31. The molecule has 6 heteroatoms. The highest BCUT2D eigenvalue weighted by molar-refractivity contribution is 6.15. The molecular formula is C21H21NO5. The van der Waals surface area contributed by atoms with Gasteiger partial charge in [0.1, 0.15) is 0 Å². The lowest BCUT2D eigenvalue weighted by atomic mass is 10.0. The third-order valence-corrected chi connectivity index (χ3v) is 3.57. The van der Waals surface area contributed by atoms with Gasteiger partial charge in [0, 0.05) is 23.0 Å². The largest absolute Gasteiger partial charge is 0.462 e. The summed E-state index contributed by atoms with van der Waals surface area (Å²) >= 11 is 0. The van der Waals surface area contributed by atoms with E-state index in [1.165, 1.54) is 6.20 Å². The summed E-state index contributed by atoms with van der Waals surface area (Å²) in [5.41, 5.74) is 1.12. The van der Waals surface area contributed by atoms with E-state index in [-0.39, 0.29) is 24.6 Å². The molecule has 0 aromatic heterocycles. The molecule has 2 rings (SSSR count). The first-order valence-electron chi connectivity index (χ1n) is 8.58. The fourth-order valence-corrected chi connectivity index (χ4v) is 2.32. The number of carbonyl (C=O) groups is 3. The summed E-state index contributed by atoms with van der Waals surface area (Å²) in [4.78, 5) is 36.8. The highest BCUT2D eigenvalue weighted by Gasteiger charge is 2.21. The number of ether oxygens (including phenoxy) is 2. The summed E-state index contributed by atoms with van der Waals surface area (Å²) in [7, 11) is 0.